The standard InChI is InChI=1S/C24H32ClN5O2/c1-4-26-24(32)30-12-6-11-29(13-14-30)22-10-9-18(23(31)27-17(2)3)15-21(22)28-20-8-5-7-19(25)16-20/h5,7-10,15-17,28H,4,6,11-14H2,1-3H3,(H,26,32)(H,27,31). The second-order valence-corrected chi connectivity index (χ2v) is 8.60. The van der Waals surface area contributed by atoms with Crippen LogP contribution in [-0.2, 0) is 0 Å². The van der Waals surface area contributed by atoms with Crippen LogP contribution in [0.25, 0.3) is 0 Å². The molecule has 2 aromatic carbocycles. The van der Waals surface area contributed by atoms with Crippen molar-refractivity contribution in [3.63, 3.8) is 0 Å². The van der Waals surface area contributed by atoms with Gasteiger partial charge in [0.25, 0.3) is 5.91 Å². The Labute approximate surface area is 195 Å². The SMILES string of the molecule is CCNC(=O)N1CCCN(c2ccc(C(=O)NC(C)C)cc2Nc2cccc(Cl)c2)CC1. The van der Waals surface area contributed by atoms with Gasteiger partial charge >= 0.3 is 6.03 Å². The molecule has 172 valence electrons. The monoisotopic (exact) mass is 457 g/mol. The second-order valence-electron chi connectivity index (χ2n) is 8.16. The topological polar surface area (TPSA) is 76.7 Å². The molecule has 3 amide bonds. The Bertz CT molecular complexity index is 950. The molecule has 0 saturated carbocycles. The van der Waals surface area contributed by atoms with Gasteiger partial charge in [-0.1, -0.05) is 17.7 Å². The Morgan fingerprint density at radius 2 is 1.88 bits per heavy atom. The van der Waals surface area contributed by atoms with Gasteiger partial charge in [-0.3, -0.25) is 4.79 Å². The van der Waals surface area contributed by atoms with Crippen LogP contribution in [0.3, 0.4) is 0 Å². The molecule has 1 aliphatic heterocycles. The third kappa shape index (κ3) is 6.29. The molecule has 0 aromatic heterocycles. The van der Waals surface area contributed by atoms with Crippen LogP contribution in [0.1, 0.15) is 37.6 Å². The maximum Gasteiger partial charge on any atom is 0.317 e. The zero-order valence-electron chi connectivity index (χ0n) is 19.0. The minimum Gasteiger partial charge on any atom is -0.368 e. The quantitative estimate of drug-likeness (QED) is 0.598. The molecule has 0 spiro atoms. The van der Waals surface area contributed by atoms with Crippen LogP contribution < -0.4 is 20.9 Å². The fourth-order valence-electron chi connectivity index (χ4n) is 3.74. The molecule has 0 bridgehead atoms. The summed E-state index contributed by atoms with van der Waals surface area (Å²) in [7, 11) is 0. The predicted molar refractivity (Wildman–Crippen MR) is 131 cm³/mol. The van der Waals surface area contributed by atoms with E-state index in [1.54, 1.807) is 0 Å². The smallest absolute Gasteiger partial charge is 0.317 e. The molecule has 3 rings (SSSR count). The molecule has 0 radical (unpaired) electrons. The van der Waals surface area contributed by atoms with Crippen LogP contribution in [0.5, 0.6) is 0 Å². The highest BCUT2D eigenvalue weighted by atomic mass is 35.5. The third-order valence-electron chi connectivity index (χ3n) is 5.23. The van der Waals surface area contributed by atoms with Crippen molar-refractivity contribution in [1.29, 1.82) is 0 Å². The summed E-state index contributed by atoms with van der Waals surface area (Å²) in [6, 6.07) is 13.2. The fraction of sp³-hybridized carbons (Fsp3) is 0.417. The Hall–Kier alpha value is -2.93. The Morgan fingerprint density at radius 3 is 2.59 bits per heavy atom. The third-order valence-corrected chi connectivity index (χ3v) is 5.47. The Kier molecular flexibility index (Phi) is 8.22. The van der Waals surface area contributed by atoms with Gasteiger partial charge in [0.2, 0.25) is 0 Å². The summed E-state index contributed by atoms with van der Waals surface area (Å²) in [4.78, 5) is 29.0. The average molecular weight is 458 g/mol. The number of halogens is 1. The van der Waals surface area contributed by atoms with Crippen LogP contribution in [0.4, 0.5) is 21.9 Å². The van der Waals surface area contributed by atoms with Gasteiger partial charge in [0, 0.05) is 55.0 Å². The first-order valence-corrected chi connectivity index (χ1v) is 11.5. The lowest BCUT2D eigenvalue weighted by Crippen LogP contribution is -2.42. The van der Waals surface area contributed by atoms with Crippen LogP contribution in [0.15, 0.2) is 42.5 Å². The van der Waals surface area contributed by atoms with Gasteiger partial charge in [-0.25, -0.2) is 4.79 Å². The summed E-state index contributed by atoms with van der Waals surface area (Å²) in [5, 5.41) is 9.90. The number of hydrogen-bond acceptors (Lipinski definition) is 4. The summed E-state index contributed by atoms with van der Waals surface area (Å²) in [6.07, 6.45) is 0.864. The average Bonchev–Trinajstić information content (AvgIpc) is 3.00. The molecule has 0 unspecified atom stereocenters. The van der Waals surface area contributed by atoms with Crippen molar-refractivity contribution in [2.45, 2.75) is 33.2 Å². The van der Waals surface area contributed by atoms with E-state index >= 15 is 0 Å². The molecule has 3 N–H and O–H groups in total. The highest BCUT2D eigenvalue weighted by molar-refractivity contribution is 6.30. The minimum absolute atomic E-state index is 0.0210. The molecule has 1 fully saturated rings. The maximum atomic E-state index is 12.6. The van der Waals surface area contributed by atoms with E-state index in [1.165, 1.54) is 0 Å². The summed E-state index contributed by atoms with van der Waals surface area (Å²) in [6.45, 7) is 9.30. The number of amides is 3. The van der Waals surface area contributed by atoms with Gasteiger partial charge in [0.15, 0.2) is 0 Å². The van der Waals surface area contributed by atoms with Gasteiger partial charge in [0.1, 0.15) is 0 Å². The molecule has 2 aromatic rings. The van der Waals surface area contributed by atoms with Gasteiger partial charge < -0.3 is 25.8 Å². The minimum atomic E-state index is -0.112. The number of nitrogens with one attached hydrogen (secondary N) is 3. The van der Waals surface area contributed by atoms with Crippen molar-refractivity contribution in [1.82, 2.24) is 15.5 Å². The lowest BCUT2D eigenvalue weighted by molar-refractivity contribution is 0.0943. The van der Waals surface area contributed by atoms with Crippen molar-refractivity contribution in [2.24, 2.45) is 0 Å². The molecular weight excluding hydrogens is 426 g/mol. The number of benzene rings is 2. The molecule has 8 heteroatoms. The van der Waals surface area contributed by atoms with Crippen LogP contribution in [0, 0.1) is 0 Å². The van der Waals surface area contributed by atoms with E-state index in [2.05, 4.69) is 20.9 Å². The Balaban J connectivity index is 1.88. The number of carbonyl (C=O) groups is 2. The number of urea groups is 1. The van der Waals surface area contributed by atoms with E-state index in [0.717, 1.165) is 30.0 Å². The highest BCUT2D eigenvalue weighted by Crippen LogP contribution is 2.32. The molecule has 7 nitrogen and oxygen atoms in total. The van der Waals surface area contributed by atoms with Crippen molar-refractivity contribution < 1.29 is 9.59 Å². The zero-order chi connectivity index (χ0) is 23.1. The van der Waals surface area contributed by atoms with Crippen molar-refractivity contribution in [3.05, 3.63) is 53.1 Å². The van der Waals surface area contributed by atoms with E-state index < -0.39 is 0 Å². The van der Waals surface area contributed by atoms with Gasteiger partial charge in [-0.2, -0.15) is 0 Å². The largest absolute Gasteiger partial charge is 0.368 e. The lowest BCUT2D eigenvalue weighted by atomic mass is 10.1. The number of carbonyl (C=O) groups excluding carboxylic acids is 2. The first-order valence-electron chi connectivity index (χ1n) is 11.1. The molecule has 1 saturated heterocycles. The van der Waals surface area contributed by atoms with Gasteiger partial charge in [0.05, 0.1) is 11.4 Å². The number of anilines is 3. The molecule has 0 aliphatic carbocycles. The summed E-state index contributed by atoms with van der Waals surface area (Å²) < 4.78 is 0. The molecular formula is C24H32ClN5O2. The lowest BCUT2D eigenvalue weighted by Gasteiger charge is -2.27. The van der Waals surface area contributed by atoms with E-state index in [0.29, 0.717) is 36.8 Å². The molecule has 1 aliphatic rings. The summed E-state index contributed by atoms with van der Waals surface area (Å²) in [5.74, 6) is -0.112. The van der Waals surface area contributed by atoms with E-state index in [1.807, 2.05) is 68.1 Å². The molecule has 0 atom stereocenters. The summed E-state index contributed by atoms with van der Waals surface area (Å²) >= 11 is 6.17. The van der Waals surface area contributed by atoms with Crippen LogP contribution >= 0.6 is 11.6 Å². The second kappa shape index (κ2) is 11.1. The van der Waals surface area contributed by atoms with Crippen molar-refractivity contribution >= 4 is 40.6 Å². The van der Waals surface area contributed by atoms with Crippen LogP contribution in [0.2, 0.25) is 5.02 Å². The number of rotatable bonds is 6. The highest BCUT2D eigenvalue weighted by Gasteiger charge is 2.21. The van der Waals surface area contributed by atoms with E-state index in [9.17, 15) is 9.59 Å². The maximum absolute atomic E-state index is 12.6. The first kappa shape index (κ1) is 23.7. The number of hydrogen-bond donors (Lipinski definition) is 3. The normalized spacial score (nSPS) is 14.2. The van der Waals surface area contributed by atoms with Crippen molar-refractivity contribution in [2.75, 3.05) is 42.9 Å². The van der Waals surface area contributed by atoms with E-state index in [-0.39, 0.29) is 18.0 Å². The Morgan fingerprint density at radius 1 is 1.06 bits per heavy atom. The van der Waals surface area contributed by atoms with Crippen LogP contribution in [-0.4, -0.2) is 55.6 Å². The fourth-order valence-corrected chi connectivity index (χ4v) is 3.94. The van der Waals surface area contributed by atoms with E-state index in [4.69, 9.17) is 11.6 Å². The first-order chi connectivity index (χ1) is 15.4. The summed E-state index contributed by atoms with van der Waals surface area (Å²) in [5.41, 5.74) is 3.25. The van der Waals surface area contributed by atoms with Gasteiger partial charge in [-0.05, 0) is 63.6 Å². The molecule has 32 heavy (non-hydrogen) atoms. The molecule has 1 heterocycles. The zero-order valence-corrected chi connectivity index (χ0v) is 19.7. The number of nitrogens with zero attached hydrogens (tertiary/aromatic N) is 2. The predicted octanol–water partition coefficient (Wildman–Crippen LogP) is 4.46. The van der Waals surface area contributed by atoms with Gasteiger partial charge in [-0.15, -0.1) is 0 Å². The van der Waals surface area contributed by atoms with Crippen molar-refractivity contribution in [3.8, 4) is 0 Å².